The van der Waals surface area contributed by atoms with Gasteiger partial charge in [-0.15, -0.1) is 0 Å². The van der Waals surface area contributed by atoms with Crippen molar-refractivity contribution in [2.75, 3.05) is 0 Å². The highest BCUT2D eigenvalue weighted by Gasteiger charge is 2.06. The quantitative estimate of drug-likeness (QED) is 0.481. The van der Waals surface area contributed by atoms with E-state index in [9.17, 15) is 0 Å². The van der Waals surface area contributed by atoms with E-state index in [0.29, 0.717) is 5.04 Å². The third kappa shape index (κ3) is 6.22. The summed E-state index contributed by atoms with van der Waals surface area (Å²) in [5.74, 6) is 0. The van der Waals surface area contributed by atoms with E-state index >= 15 is 0 Å². The lowest BCUT2D eigenvalue weighted by Crippen LogP contribution is -1.99. The molecule has 0 fully saturated rings. The maximum Gasteiger partial charge on any atom is 0.0305 e. The zero-order chi connectivity index (χ0) is 5.91. The molecule has 0 N–H and O–H groups in total. The summed E-state index contributed by atoms with van der Waals surface area (Å²) in [6.45, 7) is 6.57. The maximum atomic E-state index is 3.59. The summed E-state index contributed by atoms with van der Waals surface area (Å²) >= 11 is 0. The van der Waals surface area contributed by atoms with E-state index in [4.69, 9.17) is 0 Å². The van der Waals surface area contributed by atoms with Crippen molar-refractivity contribution in [1.29, 1.82) is 0 Å². The first-order valence-electron chi connectivity index (χ1n) is 2.81. The molecule has 0 spiro atoms. The second-order valence-electron chi connectivity index (χ2n) is 2.63. The van der Waals surface area contributed by atoms with Gasteiger partial charge in [-0.1, -0.05) is 33.6 Å². The normalized spacial score (nSPS) is 12.0. The third-order valence-electron chi connectivity index (χ3n) is 0.875. The first-order chi connectivity index (χ1) is 3.06. The number of hydrogen-bond acceptors (Lipinski definition) is 0. The van der Waals surface area contributed by atoms with Gasteiger partial charge in [0.2, 0.25) is 0 Å². The zero-order valence-corrected chi connectivity index (χ0v) is 6.41. The Labute approximate surface area is 49.7 Å². The highest BCUT2D eigenvalue weighted by Crippen LogP contribution is 2.24. The second-order valence-corrected chi connectivity index (χ2v) is 3.99. The van der Waals surface area contributed by atoms with Crippen molar-refractivity contribution in [3.63, 3.8) is 0 Å². The van der Waals surface area contributed by atoms with Crippen molar-refractivity contribution in [2.45, 2.75) is 38.7 Å². The third-order valence-corrected chi connectivity index (χ3v) is 1.12. The summed E-state index contributed by atoms with van der Waals surface area (Å²) in [5.41, 5.74) is 0. The summed E-state index contributed by atoms with van der Waals surface area (Å²) in [4.78, 5) is 0. The molecule has 0 unspecified atom stereocenters. The average molecular weight is 113 g/mol. The molecule has 0 rings (SSSR count). The molecule has 0 aliphatic heterocycles. The summed E-state index contributed by atoms with van der Waals surface area (Å²) in [7, 11) is 3.59. The fourth-order valence-corrected chi connectivity index (χ4v) is 0.875. The lowest BCUT2D eigenvalue weighted by molar-refractivity contribution is 0.601. The molecule has 0 aliphatic rings. The molecule has 0 aromatic rings. The number of hydrogen-bond donors (Lipinski definition) is 0. The van der Waals surface area contributed by atoms with E-state index in [1.807, 2.05) is 0 Å². The lowest BCUT2D eigenvalue weighted by Gasteiger charge is -2.14. The Morgan fingerprint density at radius 2 is 1.86 bits per heavy atom. The van der Waals surface area contributed by atoms with Crippen LogP contribution in [-0.2, 0) is 0 Å². The Kier molecular flexibility index (Phi) is 2.58. The molecule has 0 bridgehead atoms. The van der Waals surface area contributed by atoms with Crippen LogP contribution >= 0.6 is 0 Å². The van der Waals surface area contributed by atoms with E-state index < -0.39 is 0 Å². The molecule has 0 aromatic carbocycles. The molecule has 0 aromatic heterocycles. The predicted octanol–water partition coefficient (Wildman–Crippen LogP) is 2.15. The van der Waals surface area contributed by atoms with Gasteiger partial charge in [0.05, 0.1) is 0 Å². The fraction of sp³-hybridized carbons (Fsp3) is 1.00. The smallest absolute Gasteiger partial charge is 0.0305 e. The van der Waals surface area contributed by atoms with Crippen molar-refractivity contribution >= 4 is 10.2 Å². The minimum absolute atomic E-state index is 0.356. The SMILES string of the molecule is CCCC(C)(C)[Si]. The first kappa shape index (κ1) is 7.22. The van der Waals surface area contributed by atoms with E-state index in [-0.39, 0.29) is 0 Å². The van der Waals surface area contributed by atoms with Gasteiger partial charge in [0.1, 0.15) is 0 Å². The second kappa shape index (κ2) is 2.51. The van der Waals surface area contributed by atoms with Gasteiger partial charge in [0.15, 0.2) is 0 Å². The molecule has 0 heterocycles. The maximum absolute atomic E-state index is 3.59. The molecule has 0 atom stereocenters. The molecule has 41 valence electrons. The van der Waals surface area contributed by atoms with Crippen LogP contribution in [-0.4, -0.2) is 10.2 Å². The molecule has 0 amide bonds. The van der Waals surface area contributed by atoms with Crippen molar-refractivity contribution in [2.24, 2.45) is 0 Å². The summed E-state index contributed by atoms with van der Waals surface area (Å²) in [5, 5.41) is 0.356. The highest BCUT2D eigenvalue weighted by molar-refractivity contribution is 6.14. The van der Waals surface area contributed by atoms with E-state index in [1.54, 1.807) is 0 Å². The van der Waals surface area contributed by atoms with Crippen molar-refractivity contribution in [1.82, 2.24) is 0 Å². The topological polar surface area (TPSA) is 0 Å². The summed E-state index contributed by atoms with van der Waals surface area (Å²) in [6, 6.07) is 0. The van der Waals surface area contributed by atoms with E-state index in [1.165, 1.54) is 12.8 Å². The van der Waals surface area contributed by atoms with Crippen molar-refractivity contribution in [3.8, 4) is 0 Å². The van der Waals surface area contributed by atoms with Gasteiger partial charge in [-0.3, -0.25) is 0 Å². The lowest BCUT2D eigenvalue weighted by atomic mass is 10.1. The molecular formula is C6H13Si. The van der Waals surface area contributed by atoms with Crippen LogP contribution in [0.3, 0.4) is 0 Å². The van der Waals surface area contributed by atoms with Crippen LogP contribution in [0.5, 0.6) is 0 Å². The molecular weight excluding hydrogens is 100 g/mol. The molecule has 0 saturated carbocycles. The molecule has 0 saturated heterocycles. The summed E-state index contributed by atoms with van der Waals surface area (Å²) in [6.07, 6.45) is 2.51. The van der Waals surface area contributed by atoms with Gasteiger partial charge < -0.3 is 0 Å². The van der Waals surface area contributed by atoms with E-state index in [0.717, 1.165) is 0 Å². The minimum Gasteiger partial charge on any atom is -0.0654 e. The molecule has 1 heteroatoms. The Balaban J connectivity index is 3.15. The molecule has 7 heavy (non-hydrogen) atoms. The molecule has 0 aliphatic carbocycles. The van der Waals surface area contributed by atoms with Crippen LogP contribution in [0.4, 0.5) is 0 Å². The Morgan fingerprint density at radius 3 is 1.86 bits per heavy atom. The predicted molar refractivity (Wildman–Crippen MR) is 34.7 cm³/mol. The number of rotatable bonds is 2. The fourth-order valence-electron chi connectivity index (χ4n) is 0.625. The average Bonchev–Trinajstić information content (AvgIpc) is 1.30. The Hall–Kier alpha value is 0.217. The molecule has 3 radical (unpaired) electrons. The van der Waals surface area contributed by atoms with Gasteiger partial charge in [0.25, 0.3) is 0 Å². The van der Waals surface area contributed by atoms with Crippen LogP contribution in [0.2, 0.25) is 5.04 Å². The minimum atomic E-state index is 0.356. The van der Waals surface area contributed by atoms with Crippen molar-refractivity contribution in [3.05, 3.63) is 0 Å². The monoisotopic (exact) mass is 113 g/mol. The van der Waals surface area contributed by atoms with Crippen LogP contribution in [0.15, 0.2) is 0 Å². The Morgan fingerprint density at radius 1 is 1.43 bits per heavy atom. The summed E-state index contributed by atoms with van der Waals surface area (Å²) < 4.78 is 0. The van der Waals surface area contributed by atoms with Crippen molar-refractivity contribution < 1.29 is 0 Å². The van der Waals surface area contributed by atoms with Gasteiger partial charge in [-0.2, -0.15) is 0 Å². The van der Waals surface area contributed by atoms with Gasteiger partial charge in [0, 0.05) is 10.2 Å². The van der Waals surface area contributed by atoms with Crippen LogP contribution in [0, 0.1) is 0 Å². The van der Waals surface area contributed by atoms with Gasteiger partial charge in [-0.05, 0) is 5.04 Å². The highest BCUT2D eigenvalue weighted by atomic mass is 28.1. The molecule has 0 nitrogen and oxygen atoms in total. The van der Waals surface area contributed by atoms with Gasteiger partial charge in [-0.25, -0.2) is 0 Å². The van der Waals surface area contributed by atoms with E-state index in [2.05, 4.69) is 31.0 Å². The largest absolute Gasteiger partial charge is 0.0654 e. The first-order valence-corrected chi connectivity index (χ1v) is 3.31. The standard InChI is InChI=1S/C6H13Si/c1-4-5-6(2,3)7/h4-5H2,1-3H3. The van der Waals surface area contributed by atoms with Gasteiger partial charge >= 0.3 is 0 Å². The van der Waals surface area contributed by atoms with Crippen LogP contribution in [0.25, 0.3) is 0 Å². The van der Waals surface area contributed by atoms with Crippen LogP contribution in [0.1, 0.15) is 33.6 Å². The van der Waals surface area contributed by atoms with Crippen LogP contribution < -0.4 is 0 Å². The zero-order valence-electron chi connectivity index (χ0n) is 5.41. The Bertz CT molecular complexity index is 42.6.